The first-order valence-corrected chi connectivity index (χ1v) is 11.0. The van der Waals surface area contributed by atoms with Crippen molar-refractivity contribution in [2.75, 3.05) is 18.4 Å². The molecule has 29 heavy (non-hydrogen) atoms. The molecule has 2 aliphatic rings. The summed E-state index contributed by atoms with van der Waals surface area (Å²) in [4.78, 5) is 15.1. The van der Waals surface area contributed by atoms with Crippen LogP contribution < -0.4 is 10.6 Å². The lowest BCUT2D eigenvalue weighted by molar-refractivity contribution is 0.00582. The zero-order valence-electron chi connectivity index (χ0n) is 16.5. The van der Waals surface area contributed by atoms with E-state index in [1.165, 1.54) is 18.4 Å². The number of nitrogens with zero attached hydrogens (tertiary/aromatic N) is 3. The summed E-state index contributed by atoms with van der Waals surface area (Å²) in [5.41, 5.74) is 3.09. The van der Waals surface area contributed by atoms with Crippen LogP contribution in [-0.4, -0.2) is 39.2 Å². The van der Waals surface area contributed by atoms with Crippen molar-refractivity contribution in [1.82, 2.24) is 20.3 Å². The maximum absolute atomic E-state index is 11.3. The standard InChI is InChI=1S/C22H25N5OS/c1-14-3-2-4-15(13-14)18-19(17-7-10-24-21(26-17)25-16-5-6-16)29-20(27-18)22(28)8-11-23-12-9-22/h2-4,7,10,13,16,23,28H,5-6,8-9,11-12H2,1H3,(H,24,25,26). The van der Waals surface area contributed by atoms with Gasteiger partial charge in [-0.25, -0.2) is 15.0 Å². The summed E-state index contributed by atoms with van der Waals surface area (Å²) in [7, 11) is 0. The Morgan fingerprint density at radius 1 is 1.17 bits per heavy atom. The first-order valence-electron chi connectivity index (χ1n) is 10.2. The number of anilines is 1. The van der Waals surface area contributed by atoms with E-state index in [2.05, 4.69) is 40.7 Å². The minimum Gasteiger partial charge on any atom is -0.383 e. The van der Waals surface area contributed by atoms with E-state index in [1.54, 1.807) is 17.5 Å². The molecule has 5 rings (SSSR count). The highest BCUT2D eigenvalue weighted by Crippen LogP contribution is 2.42. The number of aryl methyl sites for hydroxylation is 1. The summed E-state index contributed by atoms with van der Waals surface area (Å²) in [6.45, 7) is 3.68. The van der Waals surface area contributed by atoms with Crippen molar-refractivity contribution < 1.29 is 5.11 Å². The lowest BCUT2D eigenvalue weighted by Gasteiger charge is -2.30. The van der Waals surface area contributed by atoms with Gasteiger partial charge in [0.1, 0.15) is 10.6 Å². The van der Waals surface area contributed by atoms with Crippen molar-refractivity contribution in [3.05, 3.63) is 47.1 Å². The zero-order valence-corrected chi connectivity index (χ0v) is 17.3. The van der Waals surface area contributed by atoms with Gasteiger partial charge >= 0.3 is 0 Å². The molecule has 0 atom stereocenters. The number of aromatic nitrogens is 3. The predicted octanol–water partition coefficient (Wildman–Crippen LogP) is 3.72. The number of aliphatic hydroxyl groups is 1. The summed E-state index contributed by atoms with van der Waals surface area (Å²) in [6.07, 6.45) is 5.49. The largest absolute Gasteiger partial charge is 0.383 e. The van der Waals surface area contributed by atoms with Gasteiger partial charge in [0.05, 0.1) is 16.3 Å². The molecular weight excluding hydrogens is 382 g/mol. The average molecular weight is 408 g/mol. The quantitative estimate of drug-likeness (QED) is 0.598. The molecule has 6 nitrogen and oxygen atoms in total. The summed E-state index contributed by atoms with van der Waals surface area (Å²) in [5.74, 6) is 0.663. The Bertz CT molecular complexity index is 1020. The fraction of sp³-hybridized carbons (Fsp3) is 0.409. The van der Waals surface area contributed by atoms with Crippen molar-refractivity contribution in [3.63, 3.8) is 0 Å². The molecule has 7 heteroatoms. The normalized spacial score (nSPS) is 18.6. The Kier molecular flexibility index (Phi) is 4.81. The van der Waals surface area contributed by atoms with E-state index in [0.717, 1.165) is 39.9 Å². The molecule has 0 radical (unpaired) electrons. The Morgan fingerprint density at radius 3 is 2.76 bits per heavy atom. The van der Waals surface area contributed by atoms with Gasteiger partial charge in [0.15, 0.2) is 0 Å². The van der Waals surface area contributed by atoms with Crippen LogP contribution in [0.2, 0.25) is 0 Å². The molecule has 2 fully saturated rings. The van der Waals surface area contributed by atoms with E-state index in [4.69, 9.17) is 9.97 Å². The van der Waals surface area contributed by atoms with Crippen molar-refractivity contribution in [1.29, 1.82) is 0 Å². The fourth-order valence-electron chi connectivity index (χ4n) is 3.70. The van der Waals surface area contributed by atoms with Crippen LogP contribution in [0, 0.1) is 6.92 Å². The van der Waals surface area contributed by atoms with Crippen LogP contribution in [0.15, 0.2) is 36.5 Å². The second-order valence-corrected chi connectivity index (χ2v) is 9.03. The molecule has 1 saturated heterocycles. The number of hydrogen-bond donors (Lipinski definition) is 3. The summed E-state index contributed by atoms with van der Waals surface area (Å²) >= 11 is 1.55. The second kappa shape index (κ2) is 7.48. The smallest absolute Gasteiger partial charge is 0.223 e. The van der Waals surface area contributed by atoms with Crippen LogP contribution in [0.25, 0.3) is 21.8 Å². The number of thiazole rings is 1. The molecule has 1 aliphatic heterocycles. The molecular formula is C22H25N5OS. The van der Waals surface area contributed by atoms with E-state index < -0.39 is 5.60 Å². The monoisotopic (exact) mass is 407 g/mol. The third-order valence-corrected chi connectivity index (χ3v) is 6.82. The van der Waals surface area contributed by atoms with E-state index >= 15 is 0 Å². The highest BCUT2D eigenvalue weighted by Gasteiger charge is 2.36. The number of piperidine rings is 1. The van der Waals surface area contributed by atoms with E-state index in [1.807, 2.05) is 12.1 Å². The SMILES string of the molecule is Cc1cccc(-c2nc(C3(O)CCNCC3)sc2-c2ccnc(NC3CC3)n2)c1. The molecule has 0 unspecified atom stereocenters. The molecule has 150 valence electrons. The van der Waals surface area contributed by atoms with Gasteiger partial charge in [0.25, 0.3) is 0 Å². The molecule has 3 heterocycles. The summed E-state index contributed by atoms with van der Waals surface area (Å²) < 4.78 is 0. The zero-order chi connectivity index (χ0) is 19.8. The lowest BCUT2D eigenvalue weighted by atomic mass is 9.93. The minimum absolute atomic E-state index is 0.494. The number of nitrogens with one attached hydrogen (secondary N) is 2. The summed E-state index contributed by atoms with van der Waals surface area (Å²) in [6, 6.07) is 10.8. The van der Waals surface area contributed by atoms with E-state index in [-0.39, 0.29) is 0 Å². The van der Waals surface area contributed by atoms with Crippen LogP contribution in [0.1, 0.15) is 36.3 Å². The molecule has 0 amide bonds. The molecule has 0 bridgehead atoms. The van der Waals surface area contributed by atoms with Crippen molar-refractivity contribution in [2.45, 2.75) is 44.2 Å². The Hall–Kier alpha value is -2.35. The predicted molar refractivity (Wildman–Crippen MR) is 116 cm³/mol. The maximum atomic E-state index is 11.3. The number of hydrogen-bond acceptors (Lipinski definition) is 7. The highest BCUT2D eigenvalue weighted by molar-refractivity contribution is 7.15. The molecule has 0 spiro atoms. The first-order chi connectivity index (χ1) is 14.1. The van der Waals surface area contributed by atoms with E-state index in [9.17, 15) is 5.11 Å². The minimum atomic E-state index is -0.880. The third-order valence-electron chi connectivity index (χ3n) is 5.55. The first kappa shape index (κ1) is 18.7. The van der Waals surface area contributed by atoms with Crippen LogP contribution in [0.4, 0.5) is 5.95 Å². The van der Waals surface area contributed by atoms with Gasteiger partial charge in [-0.3, -0.25) is 0 Å². The van der Waals surface area contributed by atoms with Gasteiger partial charge in [-0.15, -0.1) is 11.3 Å². The topological polar surface area (TPSA) is 83.0 Å². The van der Waals surface area contributed by atoms with Gasteiger partial charge in [-0.1, -0.05) is 23.8 Å². The van der Waals surface area contributed by atoms with Gasteiger partial charge in [-0.2, -0.15) is 0 Å². The van der Waals surface area contributed by atoms with Gasteiger partial charge in [0.2, 0.25) is 5.95 Å². The van der Waals surface area contributed by atoms with Gasteiger partial charge in [0, 0.05) is 17.8 Å². The maximum Gasteiger partial charge on any atom is 0.223 e. The number of rotatable bonds is 5. The van der Waals surface area contributed by atoms with Crippen LogP contribution in [0.3, 0.4) is 0 Å². The Labute approximate surface area is 174 Å². The molecule has 3 aromatic rings. The molecule has 1 aromatic carbocycles. The van der Waals surface area contributed by atoms with Crippen molar-refractivity contribution in [2.24, 2.45) is 0 Å². The molecule has 3 N–H and O–H groups in total. The van der Waals surface area contributed by atoms with Crippen LogP contribution in [0.5, 0.6) is 0 Å². The third kappa shape index (κ3) is 3.90. The average Bonchev–Trinajstić information content (AvgIpc) is 3.41. The highest BCUT2D eigenvalue weighted by atomic mass is 32.1. The Balaban J connectivity index is 1.61. The summed E-state index contributed by atoms with van der Waals surface area (Å²) in [5, 5.41) is 18.7. The van der Waals surface area contributed by atoms with Crippen LogP contribution >= 0.6 is 11.3 Å². The Morgan fingerprint density at radius 2 is 2.00 bits per heavy atom. The number of benzene rings is 1. The molecule has 1 aliphatic carbocycles. The van der Waals surface area contributed by atoms with E-state index in [0.29, 0.717) is 24.8 Å². The van der Waals surface area contributed by atoms with Crippen molar-refractivity contribution in [3.8, 4) is 21.8 Å². The van der Waals surface area contributed by atoms with Crippen molar-refractivity contribution >= 4 is 17.3 Å². The second-order valence-electron chi connectivity index (χ2n) is 8.03. The van der Waals surface area contributed by atoms with Crippen LogP contribution in [-0.2, 0) is 5.60 Å². The molecule has 2 aromatic heterocycles. The van der Waals surface area contributed by atoms with Gasteiger partial charge < -0.3 is 15.7 Å². The fourth-order valence-corrected chi connectivity index (χ4v) is 4.90. The van der Waals surface area contributed by atoms with Gasteiger partial charge in [-0.05, 0) is 57.8 Å². The lowest BCUT2D eigenvalue weighted by Crippen LogP contribution is -2.39. The molecule has 1 saturated carbocycles.